The molecule has 0 radical (unpaired) electrons. The van der Waals surface area contributed by atoms with Crippen LogP contribution < -0.4 is 4.90 Å². The van der Waals surface area contributed by atoms with E-state index in [1.54, 1.807) is 4.90 Å². The van der Waals surface area contributed by atoms with Crippen molar-refractivity contribution in [1.82, 2.24) is 9.88 Å². The number of aromatic amines is 1. The van der Waals surface area contributed by atoms with Gasteiger partial charge in [-0.2, -0.15) is 0 Å². The van der Waals surface area contributed by atoms with Crippen LogP contribution in [0.2, 0.25) is 0 Å². The van der Waals surface area contributed by atoms with Crippen molar-refractivity contribution < 1.29 is 9.69 Å². The van der Waals surface area contributed by atoms with Gasteiger partial charge in [-0.3, -0.25) is 4.79 Å². The minimum Gasteiger partial charge on any atom is -0.361 e. The van der Waals surface area contributed by atoms with E-state index in [2.05, 4.69) is 55.1 Å². The second kappa shape index (κ2) is 7.39. The highest BCUT2D eigenvalue weighted by Gasteiger charge is 2.27. The van der Waals surface area contributed by atoms with Crippen LogP contribution in [0.1, 0.15) is 38.7 Å². The van der Waals surface area contributed by atoms with Gasteiger partial charge < -0.3 is 14.8 Å². The number of quaternary nitrogens is 1. The number of rotatable bonds is 5. The summed E-state index contributed by atoms with van der Waals surface area (Å²) in [5, 5.41) is 1.25. The Labute approximate surface area is 144 Å². The van der Waals surface area contributed by atoms with E-state index in [1.807, 2.05) is 6.07 Å². The van der Waals surface area contributed by atoms with Crippen molar-refractivity contribution in [2.45, 2.75) is 33.1 Å². The molecule has 3 rings (SSSR count). The number of carbonyl (C=O) groups is 1. The number of H-pyrrole nitrogens is 1. The Kier molecular flexibility index (Phi) is 5.24. The summed E-state index contributed by atoms with van der Waals surface area (Å²) in [6.07, 6.45) is 2.71. The molecule has 2 N–H and O–H groups in total. The second-order valence-corrected chi connectivity index (χ2v) is 7.33. The Morgan fingerprint density at radius 2 is 1.96 bits per heavy atom. The molecule has 1 atom stereocenters. The van der Waals surface area contributed by atoms with Crippen LogP contribution in [-0.2, 0) is 4.79 Å². The first-order valence-electron chi connectivity index (χ1n) is 9.27. The van der Waals surface area contributed by atoms with Crippen molar-refractivity contribution in [3.05, 3.63) is 36.0 Å². The van der Waals surface area contributed by atoms with E-state index in [1.165, 1.54) is 10.9 Å². The fraction of sp³-hybridized carbons (Fsp3) is 0.550. The molecule has 1 aromatic heterocycles. The van der Waals surface area contributed by atoms with Crippen LogP contribution in [0.5, 0.6) is 0 Å². The highest BCUT2D eigenvalue weighted by atomic mass is 16.2. The molecular formula is C20H30N3O+. The number of hydrogen-bond acceptors (Lipinski definition) is 1. The van der Waals surface area contributed by atoms with Crippen molar-refractivity contribution in [2.75, 3.05) is 32.7 Å². The summed E-state index contributed by atoms with van der Waals surface area (Å²) in [6.45, 7) is 11.8. The van der Waals surface area contributed by atoms with Gasteiger partial charge in [0.25, 0.3) is 0 Å². The topological polar surface area (TPSA) is 40.5 Å². The van der Waals surface area contributed by atoms with Crippen LogP contribution >= 0.6 is 0 Å². The third-order valence-electron chi connectivity index (χ3n) is 5.54. The first-order chi connectivity index (χ1) is 11.6. The van der Waals surface area contributed by atoms with Gasteiger partial charge in [0.15, 0.2) is 0 Å². The molecule has 0 spiro atoms. The lowest BCUT2D eigenvalue weighted by Gasteiger charge is -2.33. The Morgan fingerprint density at radius 1 is 1.25 bits per heavy atom. The van der Waals surface area contributed by atoms with Crippen LogP contribution in [0.4, 0.5) is 0 Å². The van der Waals surface area contributed by atoms with Gasteiger partial charge in [0.05, 0.1) is 32.7 Å². The maximum Gasteiger partial charge on any atom is 0.223 e. The number of nitrogens with zero attached hydrogens (tertiary/aromatic N) is 1. The summed E-state index contributed by atoms with van der Waals surface area (Å²) in [5.41, 5.74) is 2.44. The SMILES string of the molecule is CC[NH+]1CCN(C(=O)C[C@@H](c2c[nH]c3ccccc23)C(C)C)CC1. The molecule has 0 bridgehead atoms. The number of aromatic nitrogens is 1. The summed E-state index contributed by atoms with van der Waals surface area (Å²) >= 11 is 0. The molecule has 1 saturated heterocycles. The summed E-state index contributed by atoms with van der Waals surface area (Å²) in [4.78, 5) is 19.9. The zero-order valence-electron chi connectivity index (χ0n) is 15.1. The molecule has 0 saturated carbocycles. The largest absolute Gasteiger partial charge is 0.361 e. The highest BCUT2D eigenvalue weighted by molar-refractivity contribution is 5.85. The van der Waals surface area contributed by atoms with Gasteiger partial charge in [0, 0.05) is 23.5 Å². The average molecular weight is 328 g/mol. The Bertz CT molecular complexity index is 683. The lowest BCUT2D eigenvalue weighted by atomic mass is 9.85. The molecule has 1 aromatic carbocycles. The van der Waals surface area contributed by atoms with E-state index in [0.717, 1.165) is 38.2 Å². The number of likely N-dealkylation sites (N-methyl/N-ethyl adjacent to an activating group) is 1. The van der Waals surface area contributed by atoms with Gasteiger partial charge in [-0.15, -0.1) is 0 Å². The Balaban J connectivity index is 1.74. The zero-order chi connectivity index (χ0) is 17.1. The lowest BCUT2D eigenvalue weighted by Crippen LogP contribution is -3.14. The predicted octanol–water partition coefficient (Wildman–Crippen LogP) is 2.04. The zero-order valence-corrected chi connectivity index (χ0v) is 15.1. The van der Waals surface area contributed by atoms with Crippen LogP contribution in [0.25, 0.3) is 10.9 Å². The average Bonchev–Trinajstić information content (AvgIpc) is 3.03. The molecule has 0 aliphatic carbocycles. The Hall–Kier alpha value is -1.81. The van der Waals surface area contributed by atoms with E-state index in [-0.39, 0.29) is 5.92 Å². The highest BCUT2D eigenvalue weighted by Crippen LogP contribution is 2.33. The van der Waals surface area contributed by atoms with Crippen molar-refractivity contribution in [3.63, 3.8) is 0 Å². The number of para-hydroxylation sites is 1. The van der Waals surface area contributed by atoms with Crippen LogP contribution in [0.15, 0.2) is 30.5 Å². The first kappa shape index (κ1) is 17.0. The molecule has 1 amide bonds. The van der Waals surface area contributed by atoms with Crippen molar-refractivity contribution >= 4 is 16.8 Å². The van der Waals surface area contributed by atoms with E-state index in [0.29, 0.717) is 18.2 Å². The number of carbonyl (C=O) groups excluding carboxylic acids is 1. The summed E-state index contributed by atoms with van der Waals surface area (Å²) in [5.74, 6) is 1.02. The lowest BCUT2D eigenvalue weighted by molar-refractivity contribution is -0.902. The van der Waals surface area contributed by atoms with Crippen LogP contribution in [0.3, 0.4) is 0 Å². The molecule has 2 aromatic rings. The fourth-order valence-corrected chi connectivity index (χ4v) is 3.85. The Morgan fingerprint density at radius 3 is 2.62 bits per heavy atom. The molecule has 2 heterocycles. The number of nitrogens with one attached hydrogen (secondary N) is 2. The molecule has 1 aliphatic heterocycles. The molecule has 24 heavy (non-hydrogen) atoms. The van der Waals surface area contributed by atoms with E-state index < -0.39 is 0 Å². The van der Waals surface area contributed by atoms with Crippen molar-refractivity contribution in [3.8, 4) is 0 Å². The number of hydrogen-bond donors (Lipinski definition) is 2. The fourth-order valence-electron chi connectivity index (χ4n) is 3.85. The maximum atomic E-state index is 12.8. The normalized spacial score (nSPS) is 17.6. The molecule has 4 heteroatoms. The summed E-state index contributed by atoms with van der Waals surface area (Å²) < 4.78 is 0. The molecule has 1 aliphatic rings. The van der Waals surface area contributed by atoms with Crippen LogP contribution in [0, 0.1) is 5.92 Å². The quantitative estimate of drug-likeness (QED) is 0.866. The van der Waals surface area contributed by atoms with Crippen molar-refractivity contribution in [1.29, 1.82) is 0 Å². The molecule has 1 fully saturated rings. The van der Waals surface area contributed by atoms with Gasteiger partial charge in [-0.25, -0.2) is 0 Å². The van der Waals surface area contributed by atoms with Gasteiger partial charge in [-0.05, 0) is 30.4 Å². The molecule has 4 nitrogen and oxygen atoms in total. The summed E-state index contributed by atoms with van der Waals surface area (Å²) in [7, 11) is 0. The minimum absolute atomic E-state index is 0.269. The van der Waals surface area contributed by atoms with Gasteiger partial charge in [0.2, 0.25) is 5.91 Å². The van der Waals surface area contributed by atoms with Crippen LogP contribution in [-0.4, -0.2) is 48.5 Å². The third kappa shape index (κ3) is 3.48. The number of amides is 1. The van der Waals surface area contributed by atoms with E-state index >= 15 is 0 Å². The first-order valence-corrected chi connectivity index (χ1v) is 9.27. The monoisotopic (exact) mass is 328 g/mol. The molecule has 0 unspecified atom stereocenters. The predicted molar refractivity (Wildman–Crippen MR) is 98.3 cm³/mol. The molecular weight excluding hydrogens is 298 g/mol. The van der Waals surface area contributed by atoms with Gasteiger partial charge >= 0.3 is 0 Å². The van der Waals surface area contributed by atoms with Gasteiger partial charge in [0.1, 0.15) is 0 Å². The molecule has 130 valence electrons. The second-order valence-electron chi connectivity index (χ2n) is 7.33. The number of benzene rings is 1. The minimum atomic E-state index is 0.269. The van der Waals surface area contributed by atoms with E-state index in [9.17, 15) is 4.79 Å². The van der Waals surface area contributed by atoms with E-state index in [4.69, 9.17) is 0 Å². The summed E-state index contributed by atoms with van der Waals surface area (Å²) in [6, 6.07) is 8.38. The van der Waals surface area contributed by atoms with Gasteiger partial charge in [-0.1, -0.05) is 32.0 Å². The smallest absolute Gasteiger partial charge is 0.223 e. The third-order valence-corrected chi connectivity index (χ3v) is 5.54. The number of piperazine rings is 1. The van der Waals surface area contributed by atoms with Crippen molar-refractivity contribution in [2.24, 2.45) is 5.92 Å². The maximum absolute atomic E-state index is 12.8. The standard InChI is InChI=1S/C20H29N3O/c1-4-22-9-11-23(12-10-22)20(24)13-17(15(2)3)18-14-21-19-8-6-5-7-16(18)19/h5-8,14-15,17,21H,4,9-13H2,1-3H3/p+1/t17-/m1/s1. The number of fused-ring (bicyclic) bond motifs is 1.